The summed E-state index contributed by atoms with van der Waals surface area (Å²) < 4.78 is 0. The van der Waals surface area contributed by atoms with E-state index in [-0.39, 0.29) is 11.7 Å². The van der Waals surface area contributed by atoms with Crippen LogP contribution < -0.4 is 0 Å². The number of aryl methyl sites for hydroxylation is 1. The van der Waals surface area contributed by atoms with Crippen LogP contribution in [0.5, 0.6) is 0 Å². The van der Waals surface area contributed by atoms with Gasteiger partial charge >= 0.3 is 0 Å². The lowest BCUT2D eigenvalue weighted by atomic mass is 9.94. The van der Waals surface area contributed by atoms with Crippen molar-refractivity contribution < 1.29 is 9.59 Å². The van der Waals surface area contributed by atoms with Crippen LogP contribution in [0.15, 0.2) is 18.2 Å². The van der Waals surface area contributed by atoms with Crippen LogP contribution in [-0.2, 0) is 6.42 Å². The van der Waals surface area contributed by atoms with E-state index in [4.69, 9.17) is 0 Å². The molecule has 0 bridgehead atoms. The van der Waals surface area contributed by atoms with Crippen molar-refractivity contribution in [2.24, 2.45) is 5.92 Å². The van der Waals surface area contributed by atoms with E-state index in [9.17, 15) is 9.59 Å². The Morgan fingerprint density at radius 3 is 2.53 bits per heavy atom. The van der Waals surface area contributed by atoms with Gasteiger partial charge in [0.2, 0.25) is 0 Å². The monoisotopic (exact) mass is 204 g/mol. The molecule has 1 aromatic rings. The maximum Gasteiger partial charge on any atom is 0.165 e. The van der Waals surface area contributed by atoms with Crippen LogP contribution in [-0.4, -0.2) is 12.1 Å². The first-order chi connectivity index (χ1) is 7.10. The summed E-state index contributed by atoms with van der Waals surface area (Å²) in [7, 11) is 0. The molecule has 15 heavy (non-hydrogen) atoms. The number of ketones is 1. The molecule has 0 aliphatic heterocycles. The molecule has 0 heterocycles. The molecule has 80 valence electrons. The smallest absolute Gasteiger partial charge is 0.165 e. The summed E-state index contributed by atoms with van der Waals surface area (Å²) in [5.41, 5.74) is 2.34. The number of carbonyl (C=O) groups is 2. The predicted octanol–water partition coefficient (Wildman–Crippen LogP) is 2.90. The minimum Gasteiger partial charge on any atom is -0.298 e. The minimum atomic E-state index is -0.00242. The van der Waals surface area contributed by atoms with E-state index in [0.29, 0.717) is 5.56 Å². The lowest BCUT2D eigenvalue weighted by Gasteiger charge is -2.09. The maximum atomic E-state index is 11.8. The van der Waals surface area contributed by atoms with Crippen LogP contribution in [0.4, 0.5) is 0 Å². The Labute approximate surface area is 90.3 Å². The number of benzene rings is 1. The van der Waals surface area contributed by atoms with Crippen LogP contribution >= 0.6 is 0 Å². The van der Waals surface area contributed by atoms with Crippen molar-refractivity contribution in [2.45, 2.75) is 27.2 Å². The number of Topliss-reactive ketones (excluding diaryl/α,β-unsaturated/α-hetero) is 1. The molecule has 2 nitrogen and oxygen atoms in total. The van der Waals surface area contributed by atoms with Gasteiger partial charge in [0.05, 0.1) is 0 Å². The highest BCUT2D eigenvalue weighted by molar-refractivity contribution is 5.99. The molecule has 0 aliphatic carbocycles. The Kier molecular flexibility index (Phi) is 3.78. The van der Waals surface area contributed by atoms with Crippen LogP contribution in [0.3, 0.4) is 0 Å². The second-order valence-electron chi connectivity index (χ2n) is 3.91. The van der Waals surface area contributed by atoms with Crippen LogP contribution in [0.25, 0.3) is 0 Å². The van der Waals surface area contributed by atoms with Crippen LogP contribution in [0, 0.1) is 5.92 Å². The summed E-state index contributed by atoms with van der Waals surface area (Å²) in [6.45, 7) is 5.76. The van der Waals surface area contributed by atoms with Gasteiger partial charge in [-0.1, -0.05) is 32.9 Å². The van der Waals surface area contributed by atoms with Crippen molar-refractivity contribution in [1.82, 2.24) is 0 Å². The van der Waals surface area contributed by atoms with Gasteiger partial charge in [-0.25, -0.2) is 0 Å². The molecule has 2 heteroatoms. The van der Waals surface area contributed by atoms with Gasteiger partial charge in [0.15, 0.2) is 5.78 Å². The molecule has 1 aromatic carbocycles. The predicted molar refractivity (Wildman–Crippen MR) is 60.4 cm³/mol. The molecule has 0 N–H and O–H groups in total. The quantitative estimate of drug-likeness (QED) is 0.558. The lowest BCUT2D eigenvalue weighted by Crippen LogP contribution is -2.10. The molecule has 0 radical (unpaired) electrons. The fourth-order valence-electron chi connectivity index (χ4n) is 1.53. The summed E-state index contributed by atoms with van der Waals surface area (Å²) in [6, 6.07) is 5.25. The van der Waals surface area contributed by atoms with Crippen molar-refractivity contribution >= 4 is 12.1 Å². The molecular weight excluding hydrogens is 188 g/mol. The van der Waals surface area contributed by atoms with Gasteiger partial charge in [0.25, 0.3) is 0 Å². The van der Waals surface area contributed by atoms with Crippen molar-refractivity contribution in [3.63, 3.8) is 0 Å². The van der Waals surface area contributed by atoms with E-state index >= 15 is 0 Å². The molecule has 0 saturated carbocycles. The van der Waals surface area contributed by atoms with Gasteiger partial charge in [-0.05, 0) is 18.1 Å². The van der Waals surface area contributed by atoms with E-state index in [1.165, 1.54) is 0 Å². The zero-order chi connectivity index (χ0) is 11.4. The van der Waals surface area contributed by atoms with Crippen molar-refractivity contribution in [3.05, 3.63) is 34.9 Å². The Balaban J connectivity index is 3.18. The van der Waals surface area contributed by atoms with E-state index in [1.54, 1.807) is 18.2 Å². The minimum absolute atomic E-state index is 0.00242. The van der Waals surface area contributed by atoms with Crippen molar-refractivity contribution in [1.29, 1.82) is 0 Å². The van der Waals surface area contributed by atoms with Crippen LogP contribution in [0.1, 0.15) is 47.1 Å². The van der Waals surface area contributed by atoms with E-state index < -0.39 is 0 Å². The summed E-state index contributed by atoms with van der Waals surface area (Å²) in [4.78, 5) is 22.4. The highest BCUT2D eigenvalue weighted by atomic mass is 16.1. The molecule has 0 unspecified atom stereocenters. The number of rotatable bonds is 4. The zero-order valence-electron chi connectivity index (χ0n) is 9.41. The van der Waals surface area contributed by atoms with Crippen LogP contribution in [0.2, 0.25) is 0 Å². The van der Waals surface area contributed by atoms with Gasteiger partial charge in [-0.2, -0.15) is 0 Å². The van der Waals surface area contributed by atoms with E-state index in [2.05, 4.69) is 0 Å². The molecule has 0 fully saturated rings. The van der Waals surface area contributed by atoms with Gasteiger partial charge in [0.1, 0.15) is 6.29 Å². The number of hydrogen-bond acceptors (Lipinski definition) is 2. The Hall–Kier alpha value is -1.44. The average Bonchev–Trinajstić information content (AvgIpc) is 2.27. The van der Waals surface area contributed by atoms with E-state index in [1.807, 2.05) is 20.8 Å². The molecule has 1 rings (SSSR count). The fourth-order valence-corrected chi connectivity index (χ4v) is 1.53. The Morgan fingerprint density at radius 2 is 2.07 bits per heavy atom. The molecule has 0 aromatic heterocycles. The van der Waals surface area contributed by atoms with E-state index in [0.717, 1.165) is 23.8 Å². The van der Waals surface area contributed by atoms with Crippen molar-refractivity contribution in [3.8, 4) is 0 Å². The molecule has 0 atom stereocenters. The topological polar surface area (TPSA) is 34.1 Å². The third-order valence-electron chi connectivity index (χ3n) is 2.44. The standard InChI is InChI=1S/C13H16O2/c1-4-11-7-10(8-14)5-6-12(11)13(15)9(2)3/h5-9H,4H2,1-3H3. The third-order valence-corrected chi connectivity index (χ3v) is 2.44. The molecule has 0 aliphatic rings. The Bertz CT molecular complexity index is 378. The zero-order valence-corrected chi connectivity index (χ0v) is 9.41. The summed E-state index contributed by atoms with van der Waals surface area (Å²) in [5.74, 6) is 0.140. The second-order valence-corrected chi connectivity index (χ2v) is 3.91. The third kappa shape index (κ3) is 2.52. The number of aldehydes is 1. The summed E-state index contributed by atoms with van der Waals surface area (Å²) in [6.07, 6.45) is 1.58. The molecule has 0 spiro atoms. The Morgan fingerprint density at radius 1 is 1.40 bits per heavy atom. The SMILES string of the molecule is CCc1cc(C=O)ccc1C(=O)C(C)C. The largest absolute Gasteiger partial charge is 0.298 e. The highest BCUT2D eigenvalue weighted by Gasteiger charge is 2.14. The molecule has 0 saturated heterocycles. The van der Waals surface area contributed by atoms with Gasteiger partial charge in [-0.3, -0.25) is 9.59 Å². The highest BCUT2D eigenvalue weighted by Crippen LogP contribution is 2.16. The first-order valence-corrected chi connectivity index (χ1v) is 5.22. The summed E-state index contributed by atoms with van der Waals surface area (Å²) >= 11 is 0. The first kappa shape index (κ1) is 11.6. The molecular formula is C13H16O2. The van der Waals surface area contributed by atoms with Gasteiger partial charge < -0.3 is 0 Å². The molecule has 0 amide bonds. The second kappa shape index (κ2) is 4.87. The fraction of sp³-hybridized carbons (Fsp3) is 0.385. The van der Waals surface area contributed by atoms with Crippen molar-refractivity contribution in [2.75, 3.05) is 0 Å². The number of hydrogen-bond donors (Lipinski definition) is 0. The lowest BCUT2D eigenvalue weighted by molar-refractivity contribution is 0.0938. The van der Waals surface area contributed by atoms with Gasteiger partial charge in [0, 0.05) is 17.0 Å². The first-order valence-electron chi connectivity index (χ1n) is 5.22. The average molecular weight is 204 g/mol. The normalized spacial score (nSPS) is 10.4. The van der Waals surface area contributed by atoms with Gasteiger partial charge in [-0.15, -0.1) is 0 Å². The summed E-state index contributed by atoms with van der Waals surface area (Å²) in [5, 5.41) is 0. The number of carbonyl (C=O) groups excluding carboxylic acids is 2. The maximum absolute atomic E-state index is 11.8.